The predicted molar refractivity (Wildman–Crippen MR) is 143 cm³/mol. The van der Waals surface area contributed by atoms with Crippen molar-refractivity contribution in [1.29, 1.82) is 0 Å². The van der Waals surface area contributed by atoms with Gasteiger partial charge in [0.2, 0.25) is 21.8 Å². The van der Waals surface area contributed by atoms with E-state index >= 15 is 0 Å². The average molecular weight is 513 g/mol. The second-order valence-electron chi connectivity index (χ2n) is 9.69. The fourth-order valence-electron chi connectivity index (χ4n) is 5.07. The molecule has 2 aliphatic heterocycles. The Balaban J connectivity index is 1.66. The molecule has 194 valence electrons. The van der Waals surface area contributed by atoms with Crippen LogP contribution in [0.15, 0.2) is 47.4 Å². The maximum absolute atomic E-state index is 13.6. The first-order valence-electron chi connectivity index (χ1n) is 12.8. The molecule has 2 aromatic rings. The molecule has 0 bridgehead atoms. The molecule has 1 saturated heterocycles. The smallest absolute Gasteiger partial charge is 0.250 e. The highest BCUT2D eigenvalue weighted by Crippen LogP contribution is 2.41. The number of hydrogen-bond acceptors (Lipinski definition) is 5. The highest BCUT2D eigenvalue weighted by molar-refractivity contribution is 7.89. The Morgan fingerprint density at radius 1 is 1.06 bits per heavy atom. The number of anilines is 3. The minimum absolute atomic E-state index is 0.128. The number of piperidine rings is 1. The van der Waals surface area contributed by atoms with E-state index in [1.54, 1.807) is 32.0 Å². The largest absolute Gasteiger partial charge is 0.358 e. The minimum Gasteiger partial charge on any atom is -0.358 e. The second kappa shape index (κ2) is 10.6. The SMILES string of the molecule is CCN(CC)S(=O)(=O)c1ccc2c(c1)N(CC(=O)Nc1ccc(C(C)C)cc1)C(=O)[C@@H]1CCCCN21. The predicted octanol–water partition coefficient (Wildman–Crippen LogP) is 4.18. The molecule has 4 rings (SSSR count). The van der Waals surface area contributed by atoms with Crippen LogP contribution >= 0.6 is 0 Å². The first-order valence-corrected chi connectivity index (χ1v) is 14.2. The summed E-state index contributed by atoms with van der Waals surface area (Å²) in [6.45, 7) is 9.06. The molecule has 2 aliphatic rings. The van der Waals surface area contributed by atoms with Crippen LogP contribution in [0, 0.1) is 0 Å². The maximum atomic E-state index is 13.6. The van der Waals surface area contributed by atoms with Gasteiger partial charge in [-0.3, -0.25) is 14.5 Å². The number of carbonyl (C=O) groups excluding carboxylic acids is 2. The fraction of sp³-hybridized carbons (Fsp3) is 0.481. The summed E-state index contributed by atoms with van der Waals surface area (Å²) in [5, 5.41) is 2.89. The van der Waals surface area contributed by atoms with E-state index in [9.17, 15) is 18.0 Å². The number of nitrogens with one attached hydrogen (secondary N) is 1. The van der Waals surface area contributed by atoms with Gasteiger partial charge < -0.3 is 10.2 Å². The highest BCUT2D eigenvalue weighted by Gasteiger charge is 2.40. The van der Waals surface area contributed by atoms with Crippen LogP contribution in [0.3, 0.4) is 0 Å². The number of benzene rings is 2. The summed E-state index contributed by atoms with van der Waals surface area (Å²) in [5.41, 5.74) is 3.10. The van der Waals surface area contributed by atoms with Gasteiger partial charge in [-0.1, -0.05) is 39.8 Å². The van der Waals surface area contributed by atoms with E-state index in [2.05, 4.69) is 24.1 Å². The fourth-order valence-corrected chi connectivity index (χ4v) is 6.55. The van der Waals surface area contributed by atoms with E-state index < -0.39 is 10.0 Å². The van der Waals surface area contributed by atoms with Gasteiger partial charge in [-0.25, -0.2) is 8.42 Å². The summed E-state index contributed by atoms with van der Waals surface area (Å²) < 4.78 is 27.8. The number of carbonyl (C=O) groups is 2. The van der Waals surface area contributed by atoms with Crippen molar-refractivity contribution >= 4 is 38.9 Å². The zero-order chi connectivity index (χ0) is 26.0. The lowest BCUT2D eigenvalue weighted by Crippen LogP contribution is -2.56. The molecule has 0 unspecified atom stereocenters. The van der Waals surface area contributed by atoms with Crippen molar-refractivity contribution in [2.75, 3.05) is 41.3 Å². The normalized spacial score (nSPS) is 17.8. The van der Waals surface area contributed by atoms with Crippen LogP contribution in [0.25, 0.3) is 0 Å². The second-order valence-corrected chi connectivity index (χ2v) is 11.6. The minimum atomic E-state index is -3.72. The number of amides is 2. The topological polar surface area (TPSA) is 90.0 Å². The molecule has 36 heavy (non-hydrogen) atoms. The lowest BCUT2D eigenvalue weighted by molar-refractivity contribution is -0.123. The Morgan fingerprint density at radius 2 is 1.75 bits per heavy atom. The highest BCUT2D eigenvalue weighted by atomic mass is 32.2. The summed E-state index contributed by atoms with van der Waals surface area (Å²) in [6, 6.07) is 12.3. The van der Waals surface area contributed by atoms with Gasteiger partial charge in [0, 0.05) is 25.3 Å². The summed E-state index contributed by atoms with van der Waals surface area (Å²) in [4.78, 5) is 30.3. The first-order chi connectivity index (χ1) is 17.2. The molecule has 0 aliphatic carbocycles. The molecule has 2 amide bonds. The molecule has 1 atom stereocenters. The number of fused-ring (bicyclic) bond motifs is 3. The van der Waals surface area contributed by atoms with Crippen molar-refractivity contribution in [1.82, 2.24) is 4.31 Å². The van der Waals surface area contributed by atoms with Crippen molar-refractivity contribution in [3.8, 4) is 0 Å². The summed E-state index contributed by atoms with van der Waals surface area (Å²) in [5.74, 6) is -0.102. The van der Waals surface area contributed by atoms with Gasteiger partial charge in [-0.05, 0) is 61.1 Å². The number of hydrogen-bond donors (Lipinski definition) is 1. The van der Waals surface area contributed by atoms with Gasteiger partial charge in [-0.2, -0.15) is 4.31 Å². The van der Waals surface area contributed by atoms with Crippen LogP contribution < -0.4 is 15.1 Å². The Kier molecular flexibility index (Phi) is 7.70. The third-order valence-corrected chi connectivity index (χ3v) is 9.15. The monoisotopic (exact) mass is 512 g/mol. The Bertz CT molecular complexity index is 1220. The van der Waals surface area contributed by atoms with E-state index in [-0.39, 0.29) is 29.3 Å². The molecular formula is C27H36N4O4S. The maximum Gasteiger partial charge on any atom is 0.250 e. The van der Waals surface area contributed by atoms with Crippen LogP contribution in [0.4, 0.5) is 17.1 Å². The van der Waals surface area contributed by atoms with Crippen LogP contribution in [0.1, 0.15) is 58.4 Å². The van der Waals surface area contributed by atoms with E-state index in [1.165, 1.54) is 14.8 Å². The van der Waals surface area contributed by atoms with E-state index in [0.717, 1.165) is 25.1 Å². The van der Waals surface area contributed by atoms with E-state index in [1.807, 2.05) is 24.3 Å². The molecule has 0 aromatic heterocycles. The Hall–Kier alpha value is -2.91. The standard InChI is InChI=1S/C27H36N4O4S/c1-5-29(6-2)36(34,35)22-14-15-23-25(17-22)31(27(33)24-9-7-8-16-30(23)24)18-26(32)28-21-12-10-20(11-13-21)19(3)4/h10-15,17,19,24H,5-9,16,18H2,1-4H3,(H,28,32)/t24-/m0/s1. The molecule has 2 heterocycles. The van der Waals surface area contributed by atoms with Gasteiger partial charge in [0.25, 0.3) is 0 Å². The quantitative estimate of drug-likeness (QED) is 0.573. The number of rotatable bonds is 8. The molecule has 0 saturated carbocycles. The molecule has 0 spiro atoms. The van der Waals surface area contributed by atoms with E-state index in [4.69, 9.17) is 0 Å². The lowest BCUT2D eigenvalue weighted by atomic mass is 9.96. The first kappa shape index (κ1) is 26.2. The average Bonchev–Trinajstić information content (AvgIpc) is 2.87. The molecule has 0 radical (unpaired) electrons. The van der Waals surface area contributed by atoms with Crippen LogP contribution in [-0.4, -0.2) is 56.8 Å². The van der Waals surface area contributed by atoms with E-state index in [0.29, 0.717) is 36.8 Å². The zero-order valence-corrected chi connectivity index (χ0v) is 22.3. The van der Waals surface area contributed by atoms with Gasteiger partial charge in [0.15, 0.2) is 0 Å². The van der Waals surface area contributed by atoms with Crippen LogP contribution in [0.5, 0.6) is 0 Å². The van der Waals surface area contributed by atoms with Crippen LogP contribution in [0.2, 0.25) is 0 Å². The summed E-state index contributed by atoms with van der Waals surface area (Å²) in [7, 11) is -3.72. The zero-order valence-electron chi connectivity index (χ0n) is 21.5. The van der Waals surface area contributed by atoms with Crippen molar-refractivity contribution in [3.05, 3.63) is 48.0 Å². The number of nitrogens with zero attached hydrogens (tertiary/aromatic N) is 3. The Labute approximate surface area is 214 Å². The van der Waals surface area contributed by atoms with Gasteiger partial charge in [0.1, 0.15) is 12.6 Å². The molecule has 2 aromatic carbocycles. The van der Waals surface area contributed by atoms with Gasteiger partial charge in [0.05, 0.1) is 16.3 Å². The third-order valence-electron chi connectivity index (χ3n) is 7.11. The molecule has 1 fully saturated rings. The van der Waals surface area contributed by atoms with Crippen molar-refractivity contribution in [3.63, 3.8) is 0 Å². The molecule has 9 heteroatoms. The van der Waals surface area contributed by atoms with Crippen molar-refractivity contribution in [2.24, 2.45) is 0 Å². The third kappa shape index (κ3) is 4.99. The number of sulfonamides is 1. The molecule has 1 N–H and O–H groups in total. The lowest BCUT2D eigenvalue weighted by Gasteiger charge is -2.45. The molecular weight excluding hydrogens is 476 g/mol. The van der Waals surface area contributed by atoms with Crippen molar-refractivity contribution in [2.45, 2.75) is 63.8 Å². The van der Waals surface area contributed by atoms with Gasteiger partial charge >= 0.3 is 0 Å². The summed E-state index contributed by atoms with van der Waals surface area (Å²) >= 11 is 0. The van der Waals surface area contributed by atoms with Crippen molar-refractivity contribution < 1.29 is 18.0 Å². The molecule has 8 nitrogen and oxygen atoms in total. The van der Waals surface area contributed by atoms with Gasteiger partial charge in [-0.15, -0.1) is 0 Å². The van der Waals surface area contributed by atoms with Crippen LogP contribution in [-0.2, 0) is 19.6 Å². The Morgan fingerprint density at radius 3 is 2.39 bits per heavy atom. The summed E-state index contributed by atoms with van der Waals surface area (Å²) in [6.07, 6.45) is 2.63.